The Kier molecular flexibility index (Phi) is 7.12. The highest BCUT2D eigenvalue weighted by Gasteiger charge is 2.08. The molecule has 1 amide bonds. The fraction of sp³-hybridized carbons (Fsp3) is 0.316. The molecular weight excluding hydrogens is 357 g/mol. The maximum atomic E-state index is 12.1. The van der Waals surface area contributed by atoms with Crippen LogP contribution in [-0.4, -0.2) is 38.5 Å². The maximum Gasteiger partial charge on any atom is 0.234 e. The first kappa shape index (κ1) is 19.6. The summed E-state index contributed by atoms with van der Waals surface area (Å²) in [7, 11) is 5.90. The summed E-state index contributed by atoms with van der Waals surface area (Å²) in [5.74, 6) is -0.0146. The zero-order valence-corrected chi connectivity index (χ0v) is 16.2. The van der Waals surface area contributed by atoms with Gasteiger partial charge in [0.1, 0.15) is 0 Å². The van der Waals surface area contributed by atoms with Crippen molar-refractivity contribution in [3.63, 3.8) is 0 Å². The van der Waals surface area contributed by atoms with Crippen molar-refractivity contribution in [2.75, 3.05) is 32.6 Å². The predicted octanol–water partition coefficient (Wildman–Crippen LogP) is 3.81. The van der Waals surface area contributed by atoms with Gasteiger partial charge in [-0.25, -0.2) is 0 Å². The molecule has 6 heteroatoms. The maximum absolute atomic E-state index is 12.1. The minimum atomic E-state index is -0.0146. The lowest BCUT2D eigenvalue weighted by Gasteiger charge is -2.17. The second-order valence-corrected chi connectivity index (χ2v) is 7.07. The summed E-state index contributed by atoms with van der Waals surface area (Å²) < 4.78 is 0. The number of likely N-dealkylation sites (N-methyl/N-ethyl adjacent to an activating group) is 1. The van der Waals surface area contributed by atoms with Gasteiger partial charge >= 0.3 is 0 Å². The van der Waals surface area contributed by atoms with E-state index in [9.17, 15) is 4.79 Å². The zero-order valence-electron chi connectivity index (χ0n) is 14.7. The van der Waals surface area contributed by atoms with Gasteiger partial charge in [0.2, 0.25) is 5.91 Å². The van der Waals surface area contributed by atoms with Gasteiger partial charge in [0.25, 0.3) is 0 Å². The molecule has 0 saturated heterocycles. The highest BCUT2D eigenvalue weighted by Crippen LogP contribution is 2.23. The Bertz CT molecular complexity index is 717. The molecule has 2 rings (SSSR count). The number of benzene rings is 2. The van der Waals surface area contributed by atoms with Gasteiger partial charge < -0.3 is 10.2 Å². The molecule has 0 fully saturated rings. The van der Waals surface area contributed by atoms with Crippen molar-refractivity contribution in [3.8, 4) is 0 Å². The normalized spacial score (nSPS) is 10.8. The van der Waals surface area contributed by atoms with Crippen LogP contribution >= 0.6 is 23.2 Å². The van der Waals surface area contributed by atoms with E-state index in [1.807, 2.05) is 67.3 Å². The summed E-state index contributed by atoms with van der Waals surface area (Å²) in [6, 6.07) is 13.6. The number of hydrogen-bond donors (Lipinski definition) is 1. The molecule has 0 spiro atoms. The summed E-state index contributed by atoms with van der Waals surface area (Å²) >= 11 is 11.9. The molecule has 2 aromatic carbocycles. The topological polar surface area (TPSA) is 35.6 Å². The lowest BCUT2D eigenvalue weighted by atomic mass is 10.2. The fourth-order valence-electron chi connectivity index (χ4n) is 2.42. The molecule has 0 aliphatic heterocycles. The monoisotopic (exact) mass is 379 g/mol. The number of nitrogens with zero attached hydrogens (tertiary/aromatic N) is 2. The molecule has 0 bridgehead atoms. The first-order valence-corrected chi connectivity index (χ1v) is 8.76. The quantitative estimate of drug-likeness (QED) is 0.794. The summed E-state index contributed by atoms with van der Waals surface area (Å²) in [5.41, 5.74) is 3.23. The highest BCUT2D eigenvalue weighted by atomic mass is 35.5. The van der Waals surface area contributed by atoms with Crippen LogP contribution in [0.15, 0.2) is 42.5 Å². The van der Waals surface area contributed by atoms with Crippen LogP contribution in [0.3, 0.4) is 0 Å². The van der Waals surface area contributed by atoms with Crippen LogP contribution in [-0.2, 0) is 17.9 Å². The standard InChI is InChI=1S/C19H23Cl2N3O/c1-23(2)16-7-4-14(5-8-16)11-22-19(25)13-24(3)12-15-6-9-17(20)18(21)10-15/h4-10H,11-13H2,1-3H3,(H,22,25). The van der Waals surface area contributed by atoms with E-state index in [-0.39, 0.29) is 5.91 Å². The molecule has 0 aliphatic carbocycles. The van der Waals surface area contributed by atoms with E-state index in [0.29, 0.717) is 29.7 Å². The molecule has 1 N–H and O–H groups in total. The SMILES string of the molecule is CN(CC(=O)NCc1ccc(N(C)C)cc1)Cc1ccc(Cl)c(Cl)c1. The summed E-state index contributed by atoms with van der Waals surface area (Å²) in [6.45, 7) is 1.46. The van der Waals surface area contributed by atoms with Crippen LogP contribution in [0.4, 0.5) is 5.69 Å². The van der Waals surface area contributed by atoms with Crippen LogP contribution in [0.2, 0.25) is 10.0 Å². The number of carbonyl (C=O) groups is 1. The summed E-state index contributed by atoms with van der Waals surface area (Å²) in [6.07, 6.45) is 0. The molecule has 0 aliphatic rings. The molecule has 0 atom stereocenters. The zero-order chi connectivity index (χ0) is 18.4. The van der Waals surface area contributed by atoms with Gasteiger partial charge in [-0.2, -0.15) is 0 Å². The van der Waals surface area contributed by atoms with Crippen molar-refractivity contribution in [3.05, 3.63) is 63.6 Å². The van der Waals surface area contributed by atoms with E-state index in [1.165, 1.54) is 0 Å². The molecule has 0 aromatic heterocycles. The average molecular weight is 380 g/mol. The van der Waals surface area contributed by atoms with Gasteiger partial charge in [-0.3, -0.25) is 9.69 Å². The predicted molar refractivity (Wildman–Crippen MR) is 105 cm³/mol. The van der Waals surface area contributed by atoms with Crippen LogP contribution in [0.1, 0.15) is 11.1 Å². The van der Waals surface area contributed by atoms with Crippen molar-refractivity contribution in [1.82, 2.24) is 10.2 Å². The van der Waals surface area contributed by atoms with Crippen molar-refractivity contribution in [2.45, 2.75) is 13.1 Å². The van der Waals surface area contributed by atoms with E-state index in [1.54, 1.807) is 6.07 Å². The number of hydrogen-bond acceptors (Lipinski definition) is 3. The smallest absolute Gasteiger partial charge is 0.234 e. The van der Waals surface area contributed by atoms with Crippen molar-refractivity contribution >= 4 is 34.8 Å². The number of carbonyl (C=O) groups excluding carboxylic acids is 1. The number of nitrogens with one attached hydrogen (secondary N) is 1. The van der Waals surface area contributed by atoms with Gasteiger partial charge in [0.15, 0.2) is 0 Å². The summed E-state index contributed by atoms with van der Waals surface area (Å²) in [4.78, 5) is 16.1. The van der Waals surface area contributed by atoms with Crippen LogP contribution in [0.5, 0.6) is 0 Å². The molecular formula is C19H23Cl2N3O. The third-order valence-electron chi connectivity index (χ3n) is 3.79. The van der Waals surface area contributed by atoms with Gasteiger partial charge in [-0.05, 0) is 42.4 Å². The third kappa shape index (κ3) is 6.24. The number of amides is 1. The fourth-order valence-corrected chi connectivity index (χ4v) is 2.74. The van der Waals surface area contributed by atoms with Gasteiger partial charge in [0.05, 0.1) is 16.6 Å². The first-order chi connectivity index (χ1) is 11.8. The van der Waals surface area contributed by atoms with Gasteiger partial charge in [-0.15, -0.1) is 0 Å². The highest BCUT2D eigenvalue weighted by molar-refractivity contribution is 6.42. The van der Waals surface area contributed by atoms with Crippen molar-refractivity contribution < 1.29 is 4.79 Å². The molecule has 4 nitrogen and oxygen atoms in total. The molecule has 25 heavy (non-hydrogen) atoms. The lowest BCUT2D eigenvalue weighted by molar-refractivity contribution is -0.122. The van der Waals surface area contributed by atoms with Gasteiger partial charge in [-0.1, -0.05) is 41.4 Å². The number of halogens is 2. The molecule has 0 unspecified atom stereocenters. The molecule has 0 radical (unpaired) electrons. The van der Waals surface area contributed by atoms with E-state index >= 15 is 0 Å². The Morgan fingerprint density at radius 3 is 2.20 bits per heavy atom. The first-order valence-electron chi connectivity index (χ1n) is 8.00. The van der Waals surface area contributed by atoms with E-state index in [4.69, 9.17) is 23.2 Å². The molecule has 0 saturated carbocycles. The Hall–Kier alpha value is -1.75. The average Bonchev–Trinajstić information content (AvgIpc) is 2.56. The van der Waals surface area contributed by atoms with E-state index < -0.39 is 0 Å². The molecule has 2 aromatic rings. The largest absolute Gasteiger partial charge is 0.378 e. The Balaban J connectivity index is 1.79. The Morgan fingerprint density at radius 1 is 0.960 bits per heavy atom. The summed E-state index contributed by atoms with van der Waals surface area (Å²) in [5, 5.41) is 4.00. The van der Waals surface area contributed by atoms with Gasteiger partial charge in [0, 0.05) is 32.9 Å². The van der Waals surface area contributed by atoms with Crippen LogP contribution in [0, 0.1) is 0 Å². The van der Waals surface area contributed by atoms with Crippen LogP contribution < -0.4 is 10.2 Å². The minimum Gasteiger partial charge on any atom is -0.378 e. The second kappa shape index (κ2) is 9.09. The number of rotatable bonds is 7. The lowest BCUT2D eigenvalue weighted by Crippen LogP contribution is -2.34. The minimum absolute atomic E-state index is 0.0146. The van der Waals surface area contributed by atoms with E-state index in [0.717, 1.165) is 16.8 Å². The second-order valence-electron chi connectivity index (χ2n) is 6.26. The molecule has 134 valence electrons. The van der Waals surface area contributed by atoms with E-state index in [2.05, 4.69) is 5.32 Å². The van der Waals surface area contributed by atoms with Crippen LogP contribution in [0.25, 0.3) is 0 Å². The number of anilines is 1. The Labute approximate surface area is 159 Å². The Morgan fingerprint density at radius 2 is 1.60 bits per heavy atom. The van der Waals surface area contributed by atoms with Crippen molar-refractivity contribution in [2.24, 2.45) is 0 Å². The third-order valence-corrected chi connectivity index (χ3v) is 4.53. The van der Waals surface area contributed by atoms with Crippen molar-refractivity contribution in [1.29, 1.82) is 0 Å². The molecule has 0 heterocycles.